The summed E-state index contributed by atoms with van der Waals surface area (Å²) in [5, 5.41) is 11.1. The molecule has 1 aromatic carbocycles. The Morgan fingerprint density at radius 2 is 2.00 bits per heavy atom. The van der Waals surface area contributed by atoms with E-state index in [0.29, 0.717) is 34.4 Å². The molecule has 0 aliphatic carbocycles. The third kappa shape index (κ3) is 2.43. The summed E-state index contributed by atoms with van der Waals surface area (Å²) in [6.45, 7) is 0.391. The van der Waals surface area contributed by atoms with Crippen LogP contribution in [-0.4, -0.2) is 20.4 Å². The second kappa shape index (κ2) is 4.74. The van der Waals surface area contributed by atoms with Crippen LogP contribution in [0.3, 0.4) is 0 Å². The van der Waals surface area contributed by atoms with Gasteiger partial charge in [0, 0.05) is 11.1 Å². The lowest BCUT2D eigenvalue weighted by Gasteiger charge is -2.07. The molecule has 0 radical (unpaired) electrons. The predicted octanol–water partition coefficient (Wildman–Crippen LogP) is 2.17. The van der Waals surface area contributed by atoms with Crippen molar-refractivity contribution in [3.63, 3.8) is 0 Å². The second-order valence-corrected chi connectivity index (χ2v) is 4.39. The third-order valence-electron chi connectivity index (χ3n) is 2.58. The minimum atomic E-state index is 0.340. The van der Waals surface area contributed by atoms with Crippen molar-refractivity contribution >= 4 is 28.6 Å². The fourth-order valence-corrected chi connectivity index (χ4v) is 1.80. The highest BCUT2D eigenvalue weighted by Gasteiger charge is 2.09. The summed E-state index contributed by atoms with van der Waals surface area (Å²) < 4.78 is 5.70. The molecule has 0 amide bonds. The normalized spacial score (nSPS) is 10.8. The van der Waals surface area contributed by atoms with E-state index in [9.17, 15) is 0 Å². The molecule has 0 aliphatic rings. The van der Waals surface area contributed by atoms with Gasteiger partial charge in [-0.05, 0) is 17.7 Å². The Balaban J connectivity index is 1.85. The van der Waals surface area contributed by atoms with Gasteiger partial charge in [-0.25, -0.2) is 4.98 Å². The van der Waals surface area contributed by atoms with Gasteiger partial charge in [0.1, 0.15) is 12.4 Å². The number of benzene rings is 1. The van der Waals surface area contributed by atoms with Crippen molar-refractivity contribution in [2.24, 2.45) is 0 Å². The van der Waals surface area contributed by atoms with E-state index < -0.39 is 0 Å². The standard InChI is InChI=1S/C12H10ClN5O/c13-8-3-1-7(2-4-8)6-19-9-5-10(14)15-12-11(9)16-18-17-12/h1-5H,6H2,(H3,14,15,16,17,18). The first-order chi connectivity index (χ1) is 9.22. The van der Waals surface area contributed by atoms with Crippen molar-refractivity contribution in [1.29, 1.82) is 0 Å². The van der Waals surface area contributed by atoms with Gasteiger partial charge in [-0.2, -0.15) is 10.3 Å². The molecule has 0 unspecified atom stereocenters. The van der Waals surface area contributed by atoms with E-state index in [-0.39, 0.29) is 0 Å². The number of aromatic nitrogens is 4. The number of fused-ring (bicyclic) bond motifs is 1. The van der Waals surface area contributed by atoms with E-state index in [1.807, 2.05) is 24.3 Å². The lowest BCUT2D eigenvalue weighted by molar-refractivity contribution is 0.309. The highest BCUT2D eigenvalue weighted by molar-refractivity contribution is 6.30. The SMILES string of the molecule is Nc1cc(OCc2ccc(Cl)cc2)c2n[nH]nc2n1. The van der Waals surface area contributed by atoms with Crippen molar-refractivity contribution in [2.75, 3.05) is 5.73 Å². The van der Waals surface area contributed by atoms with Crippen LogP contribution in [0.2, 0.25) is 5.02 Å². The lowest BCUT2D eigenvalue weighted by Crippen LogP contribution is -1.98. The van der Waals surface area contributed by atoms with Crippen LogP contribution in [0, 0.1) is 0 Å². The Morgan fingerprint density at radius 3 is 2.79 bits per heavy atom. The number of anilines is 1. The summed E-state index contributed by atoms with van der Waals surface area (Å²) in [7, 11) is 0. The number of pyridine rings is 1. The van der Waals surface area contributed by atoms with Crippen molar-refractivity contribution in [3.8, 4) is 5.75 Å². The van der Waals surface area contributed by atoms with Gasteiger partial charge in [-0.15, -0.1) is 5.10 Å². The molecular weight excluding hydrogens is 266 g/mol. The molecule has 6 nitrogen and oxygen atoms in total. The molecule has 0 saturated heterocycles. The number of nitrogen functional groups attached to an aromatic ring is 1. The molecule has 0 saturated carbocycles. The quantitative estimate of drug-likeness (QED) is 0.764. The van der Waals surface area contributed by atoms with Crippen LogP contribution in [0.25, 0.3) is 11.2 Å². The molecule has 7 heteroatoms. The van der Waals surface area contributed by atoms with Crippen LogP contribution in [0.1, 0.15) is 5.56 Å². The molecule has 0 aliphatic heterocycles. The average Bonchev–Trinajstić information content (AvgIpc) is 2.85. The first kappa shape index (κ1) is 11.7. The van der Waals surface area contributed by atoms with Crippen LogP contribution in [0.4, 0.5) is 5.82 Å². The molecule has 0 fully saturated rings. The Hall–Kier alpha value is -2.34. The number of aromatic amines is 1. The van der Waals surface area contributed by atoms with Crippen molar-refractivity contribution in [2.45, 2.75) is 6.61 Å². The maximum atomic E-state index is 5.83. The summed E-state index contributed by atoms with van der Waals surface area (Å²) in [6, 6.07) is 9.04. The Labute approximate surface area is 113 Å². The number of H-pyrrole nitrogens is 1. The maximum absolute atomic E-state index is 5.83. The molecular formula is C12H10ClN5O. The minimum absolute atomic E-state index is 0.340. The van der Waals surface area contributed by atoms with E-state index in [2.05, 4.69) is 20.4 Å². The fourth-order valence-electron chi connectivity index (χ4n) is 1.68. The number of ether oxygens (including phenoxy) is 1. The van der Waals surface area contributed by atoms with Gasteiger partial charge < -0.3 is 10.5 Å². The van der Waals surface area contributed by atoms with Crippen LogP contribution in [0.5, 0.6) is 5.75 Å². The zero-order valence-corrected chi connectivity index (χ0v) is 10.6. The summed E-state index contributed by atoms with van der Waals surface area (Å²) in [5.41, 5.74) is 7.67. The molecule has 3 aromatic rings. The Morgan fingerprint density at radius 1 is 1.21 bits per heavy atom. The predicted molar refractivity (Wildman–Crippen MR) is 71.9 cm³/mol. The third-order valence-corrected chi connectivity index (χ3v) is 2.84. The minimum Gasteiger partial charge on any atom is -0.486 e. The van der Waals surface area contributed by atoms with Crippen LogP contribution >= 0.6 is 11.6 Å². The maximum Gasteiger partial charge on any atom is 0.207 e. The number of nitrogens with two attached hydrogens (primary N) is 1. The zero-order valence-electron chi connectivity index (χ0n) is 9.80. The van der Waals surface area contributed by atoms with E-state index >= 15 is 0 Å². The smallest absolute Gasteiger partial charge is 0.207 e. The average molecular weight is 276 g/mol. The van der Waals surface area contributed by atoms with Crippen LogP contribution in [-0.2, 0) is 6.61 Å². The largest absolute Gasteiger partial charge is 0.486 e. The first-order valence-corrected chi connectivity index (χ1v) is 5.94. The number of hydrogen-bond donors (Lipinski definition) is 2. The summed E-state index contributed by atoms with van der Waals surface area (Å²) in [5.74, 6) is 0.888. The summed E-state index contributed by atoms with van der Waals surface area (Å²) >= 11 is 5.83. The van der Waals surface area contributed by atoms with Gasteiger partial charge in [-0.3, -0.25) is 0 Å². The highest BCUT2D eigenvalue weighted by Crippen LogP contribution is 2.24. The van der Waals surface area contributed by atoms with Gasteiger partial charge in [0.15, 0.2) is 11.3 Å². The topological polar surface area (TPSA) is 89.7 Å². The molecule has 96 valence electrons. The van der Waals surface area contributed by atoms with E-state index in [0.717, 1.165) is 5.56 Å². The molecule has 2 aromatic heterocycles. The summed E-state index contributed by atoms with van der Waals surface area (Å²) in [6.07, 6.45) is 0. The van der Waals surface area contributed by atoms with Crippen molar-refractivity contribution in [1.82, 2.24) is 20.4 Å². The number of halogens is 1. The molecule has 0 atom stereocenters. The van der Waals surface area contributed by atoms with Gasteiger partial charge >= 0.3 is 0 Å². The molecule has 0 bridgehead atoms. The Bertz CT molecular complexity index is 710. The van der Waals surface area contributed by atoms with Crippen LogP contribution < -0.4 is 10.5 Å². The molecule has 3 N–H and O–H groups in total. The second-order valence-electron chi connectivity index (χ2n) is 3.96. The molecule has 0 spiro atoms. The van der Waals surface area contributed by atoms with Crippen LogP contribution in [0.15, 0.2) is 30.3 Å². The van der Waals surface area contributed by atoms with E-state index in [1.165, 1.54) is 0 Å². The molecule has 2 heterocycles. The van der Waals surface area contributed by atoms with Crippen molar-refractivity contribution < 1.29 is 4.74 Å². The van der Waals surface area contributed by atoms with Gasteiger partial charge in [0.25, 0.3) is 0 Å². The highest BCUT2D eigenvalue weighted by atomic mass is 35.5. The number of rotatable bonds is 3. The number of hydrogen-bond acceptors (Lipinski definition) is 5. The summed E-state index contributed by atoms with van der Waals surface area (Å²) in [4.78, 5) is 4.04. The van der Waals surface area contributed by atoms with Gasteiger partial charge in [-0.1, -0.05) is 23.7 Å². The monoisotopic (exact) mass is 275 g/mol. The molecule has 19 heavy (non-hydrogen) atoms. The van der Waals surface area contributed by atoms with E-state index in [4.69, 9.17) is 22.1 Å². The van der Waals surface area contributed by atoms with E-state index in [1.54, 1.807) is 6.07 Å². The first-order valence-electron chi connectivity index (χ1n) is 5.56. The number of nitrogens with one attached hydrogen (secondary N) is 1. The lowest BCUT2D eigenvalue weighted by atomic mass is 10.2. The van der Waals surface area contributed by atoms with Crippen molar-refractivity contribution in [3.05, 3.63) is 40.9 Å². The molecule has 3 rings (SSSR count). The van der Waals surface area contributed by atoms with Gasteiger partial charge in [0.05, 0.1) is 0 Å². The van der Waals surface area contributed by atoms with Gasteiger partial charge in [0.2, 0.25) is 5.65 Å². The Kier molecular flexibility index (Phi) is 2.92. The zero-order chi connectivity index (χ0) is 13.2. The number of nitrogens with zero attached hydrogens (tertiary/aromatic N) is 3. The fraction of sp³-hybridized carbons (Fsp3) is 0.0833.